The van der Waals surface area contributed by atoms with Crippen LogP contribution in [0.3, 0.4) is 0 Å². The third kappa shape index (κ3) is 2.57. The first-order valence-corrected chi connectivity index (χ1v) is 7.74. The Hall–Kier alpha value is -0.920. The molecule has 0 aromatic carbocycles. The van der Waals surface area contributed by atoms with E-state index in [1.54, 1.807) is 23.1 Å². The fourth-order valence-electron chi connectivity index (χ4n) is 1.73. The van der Waals surface area contributed by atoms with Crippen LogP contribution in [0.1, 0.15) is 13.8 Å². The lowest BCUT2D eigenvalue weighted by molar-refractivity contribution is 0.299. The Kier molecular flexibility index (Phi) is 4.36. The lowest BCUT2D eigenvalue weighted by Crippen LogP contribution is -2.34. The van der Waals surface area contributed by atoms with Gasteiger partial charge in [0.15, 0.2) is 15.8 Å². The molecule has 0 saturated heterocycles. The Morgan fingerprint density at radius 3 is 2.83 bits per heavy atom. The fourth-order valence-corrected chi connectivity index (χ4v) is 3.25. The highest BCUT2D eigenvalue weighted by molar-refractivity contribution is 8.00. The maximum absolute atomic E-state index is 9.17. The molecule has 0 fully saturated rings. The number of thioether (sulfide) groups is 1. The Bertz CT molecular complexity index is 529. The van der Waals surface area contributed by atoms with Crippen LogP contribution in [0.4, 0.5) is 5.82 Å². The van der Waals surface area contributed by atoms with E-state index in [1.807, 2.05) is 6.26 Å². The van der Waals surface area contributed by atoms with E-state index in [2.05, 4.69) is 33.7 Å². The summed E-state index contributed by atoms with van der Waals surface area (Å²) >= 11 is 3.21. The van der Waals surface area contributed by atoms with Gasteiger partial charge in [0.1, 0.15) is 11.0 Å². The van der Waals surface area contributed by atoms with E-state index in [4.69, 9.17) is 5.11 Å². The van der Waals surface area contributed by atoms with Crippen molar-refractivity contribution in [2.45, 2.75) is 24.2 Å². The van der Waals surface area contributed by atoms with Crippen molar-refractivity contribution >= 4 is 39.3 Å². The molecule has 18 heavy (non-hydrogen) atoms. The summed E-state index contributed by atoms with van der Waals surface area (Å²) in [6.07, 6.45) is 3.53. The number of thiazole rings is 1. The second-order valence-electron chi connectivity index (χ2n) is 4.04. The zero-order valence-corrected chi connectivity index (χ0v) is 12.3. The highest BCUT2D eigenvalue weighted by atomic mass is 32.2. The number of hydrogen-bond acceptors (Lipinski definition) is 7. The van der Waals surface area contributed by atoms with Crippen LogP contribution in [-0.4, -0.2) is 45.5 Å². The van der Waals surface area contributed by atoms with Gasteiger partial charge in [0.25, 0.3) is 0 Å². The van der Waals surface area contributed by atoms with Gasteiger partial charge in [-0.2, -0.15) is 0 Å². The Balaban J connectivity index is 2.51. The molecule has 0 aliphatic heterocycles. The van der Waals surface area contributed by atoms with Gasteiger partial charge in [-0.3, -0.25) is 0 Å². The minimum absolute atomic E-state index is 0.109. The van der Waals surface area contributed by atoms with Gasteiger partial charge in [0.2, 0.25) is 0 Å². The first-order valence-electron chi connectivity index (χ1n) is 5.70. The topological polar surface area (TPSA) is 62.1 Å². The Labute approximate surface area is 114 Å². The first kappa shape index (κ1) is 13.5. The number of aliphatic hydroxyl groups excluding tert-OH is 1. The van der Waals surface area contributed by atoms with Crippen molar-refractivity contribution in [3.05, 3.63) is 6.33 Å². The normalized spacial score (nSPS) is 11.4. The van der Waals surface area contributed by atoms with Gasteiger partial charge < -0.3 is 10.0 Å². The summed E-state index contributed by atoms with van der Waals surface area (Å²) in [7, 11) is 0. The third-order valence-electron chi connectivity index (χ3n) is 2.56. The molecular weight excluding hydrogens is 268 g/mol. The molecule has 1 N–H and O–H groups in total. The average Bonchev–Trinajstić information content (AvgIpc) is 2.78. The molecule has 2 heterocycles. The Morgan fingerprint density at radius 1 is 1.44 bits per heavy atom. The van der Waals surface area contributed by atoms with Gasteiger partial charge >= 0.3 is 0 Å². The SMILES string of the molecule is CSc1nc2ncnc(N(CCO)C(C)C)c2s1. The second kappa shape index (κ2) is 5.81. The van der Waals surface area contributed by atoms with Gasteiger partial charge in [-0.25, -0.2) is 15.0 Å². The molecule has 2 aromatic rings. The van der Waals surface area contributed by atoms with Crippen LogP contribution < -0.4 is 4.90 Å². The van der Waals surface area contributed by atoms with E-state index in [-0.39, 0.29) is 12.6 Å². The Morgan fingerprint density at radius 2 is 2.22 bits per heavy atom. The minimum Gasteiger partial charge on any atom is -0.395 e. The van der Waals surface area contributed by atoms with Crippen LogP contribution in [0.2, 0.25) is 0 Å². The predicted molar refractivity (Wildman–Crippen MR) is 76.6 cm³/mol. The van der Waals surface area contributed by atoms with Gasteiger partial charge in [-0.1, -0.05) is 11.8 Å². The number of rotatable bonds is 5. The van der Waals surface area contributed by atoms with Crippen LogP contribution in [0.25, 0.3) is 10.3 Å². The van der Waals surface area contributed by atoms with Crippen LogP contribution in [-0.2, 0) is 0 Å². The van der Waals surface area contributed by atoms with E-state index in [1.165, 1.54) is 6.33 Å². The number of hydrogen-bond donors (Lipinski definition) is 1. The first-order chi connectivity index (χ1) is 8.67. The van der Waals surface area contributed by atoms with E-state index < -0.39 is 0 Å². The number of aromatic nitrogens is 3. The van der Waals surface area contributed by atoms with Crippen molar-refractivity contribution in [3.63, 3.8) is 0 Å². The molecule has 0 unspecified atom stereocenters. The number of anilines is 1. The smallest absolute Gasteiger partial charge is 0.176 e. The summed E-state index contributed by atoms with van der Waals surface area (Å²) in [6.45, 7) is 4.84. The molecule has 2 aromatic heterocycles. The number of aliphatic hydroxyl groups is 1. The van der Waals surface area contributed by atoms with Crippen LogP contribution in [0.5, 0.6) is 0 Å². The molecule has 0 aliphatic rings. The maximum atomic E-state index is 9.17. The van der Waals surface area contributed by atoms with Crippen molar-refractivity contribution in [2.75, 3.05) is 24.3 Å². The number of nitrogens with zero attached hydrogens (tertiary/aromatic N) is 4. The molecule has 0 spiro atoms. The highest BCUT2D eigenvalue weighted by Crippen LogP contribution is 2.33. The average molecular weight is 284 g/mol. The standard InChI is InChI=1S/C11H16N4OS2/c1-7(2)15(4-5-16)10-8-9(12-6-13-10)14-11(17-3)18-8/h6-7,16H,4-5H2,1-3H3. The summed E-state index contributed by atoms with van der Waals surface area (Å²) in [6, 6.07) is 0.273. The van der Waals surface area contributed by atoms with E-state index >= 15 is 0 Å². The lowest BCUT2D eigenvalue weighted by atomic mass is 10.3. The predicted octanol–water partition coefficient (Wildman–Crippen LogP) is 2.02. The van der Waals surface area contributed by atoms with Crippen molar-refractivity contribution in [1.82, 2.24) is 15.0 Å². The van der Waals surface area contributed by atoms with Crippen molar-refractivity contribution < 1.29 is 5.11 Å². The molecule has 0 bridgehead atoms. The van der Waals surface area contributed by atoms with E-state index in [0.717, 1.165) is 20.5 Å². The van der Waals surface area contributed by atoms with Gasteiger partial charge in [-0.15, -0.1) is 11.3 Å². The fraction of sp³-hybridized carbons (Fsp3) is 0.545. The second-order valence-corrected chi connectivity index (χ2v) is 6.10. The zero-order chi connectivity index (χ0) is 13.1. The lowest BCUT2D eigenvalue weighted by Gasteiger charge is -2.26. The molecule has 98 valence electrons. The summed E-state index contributed by atoms with van der Waals surface area (Å²) in [4.78, 5) is 15.1. The molecule has 0 atom stereocenters. The minimum atomic E-state index is 0.109. The third-order valence-corrected chi connectivity index (χ3v) is 4.59. The molecule has 0 aliphatic carbocycles. The largest absolute Gasteiger partial charge is 0.395 e. The van der Waals surface area contributed by atoms with Gasteiger partial charge in [0, 0.05) is 12.6 Å². The monoisotopic (exact) mass is 284 g/mol. The summed E-state index contributed by atoms with van der Waals surface area (Å²) in [5.74, 6) is 0.863. The molecule has 0 amide bonds. The van der Waals surface area contributed by atoms with Crippen LogP contribution in [0, 0.1) is 0 Å². The van der Waals surface area contributed by atoms with Crippen LogP contribution >= 0.6 is 23.1 Å². The molecule has 2 rings (SSSR count). The molecule has 5 nitrogen and oxygen atoms in total. The van der Waals surface area contributed by atoms with E-state index in [9.17, 15) is 0 Å². The van der Waals surface area contributed by atoms with Crippen LogP contribution in [0.15, 0.2) is 10.7 Å². The van der Waals surface area contributed by atoms with Gasteiger partial charge in [-0.05, 0) is 20.1 Å². The molecule has 7 heteroatoms. The maximum Gasteiger partial charge on any atom is 0.176 e. The zero-order valence-electron chi connectivity index (χ0n) is 10.6. The molecular formula is C11H16N4OS2. The quantitative estimate of drug-likeness (QED) is 0.848. The van der Waals surface area contributed by atoms with E-state index in [0.29, 0.717) is 6.54 Å². The highest BCUT2D eigenvalue weighted by Gasteiger charge is 2.17. The molecule has 0 saturated carbocycles. The van der Waals surface area contributed by atoms with Crippen molar-refractivity contribution in [2.24, 2.45) is 0 Å². The van der Waals surface area contributed by atoms with Gasteiger partial charge in [0.05, 0.1) is 6.61 Å². The van der Waals surface area contributed by atoms with Crippen molar-refractivity contribution in [3.8, 4) is 0 Å². The summed E-state index contributed by atoms with van der Waals surface area (Å²) in [5, 5.41) is 9.17. The summed E-state index contributed by atoms with van der Waals surface area (Å²) < 4.78 is 1.98. The van der Waals surface area contributed by atoms with Crippen molar-refractivity contribution in [1.29, 1.82) is 0 Å². The molecule has 0 radical (unpaired) electrons. The number of fused-ring (bicyclic) bond motifs is 1. The summed E-state index contributed by atoms with van der Waals surface area (Å²) in [5.41, 5.74) is 0.734.